The molecular formula is C17H26N2O2S2. The molecule has 0 saturated carbocycles. The third-order valence-corrected chi connectivity index (χ3v) is 5.58. The average molecular weight is 355 g/mol. The van der Waals surface area contributed by atoms with E-state index in [1.54, 1.807) is 11.3 Å². The minimum Gasteiger partial charge on any atom is -0.465 e. The maximum Gasteiger partial charge on any atom is 0.341 e. The third kappa shape index (κ3) is 4.67. The molecule has 1 atom stereocenters. The van der Waals surface area contributed by atoms with Crippen LogP contribution in [0.2, 0.25) is 0 Å². The quantitative estimate of drug-likeness (QED) is 0.435. The summed E-state index contributed by atoms with van der Waals surface area (Å²) in [5.41, 5.74) is 1.82. The van der Waals surface area contributed by atoms with E-state index in [1.807, 2.05) is 0 Å². The molecule has 2 N–H and O–H groups in total. The highest BCUT2D eigenvalue weighted by molar-refractivity contribution is 7.80. The number of thiophene rings is 1. The zero-order valence-corrected chi connectivity index (χ0v) is 15.8. The van der Waals surface area contributed by atoms with Crippen molar-refractivity contribution >= 4 is 39.6 Å². The molecule has 1 heterocycles. The van der Waals surface area contributed by atoms with Crippen molar-refractivity contribution < 1.29 is 9.53 Å². The number of carbonyl (C=O) groups excluding carboxylic acids is 1. The molecule has 0 saturated heterocycles. The third-order valence-electron chi connectivity index (χ3n) is 4.16. The van der Waals surface area contributed by atoms with Crippen LogP contribution in [-0.4, -0.2) is 24.2 Å². The number of nitrogens with one attached hydrogen (secondary N) is 2. The highest BCUT2D eigenvalue weighted by Gasteiger charge is 2.27. The lowest BCUT2D eigenvalue weighted by Gasteiger charge is -2.17. The summed E-state index contributed by atoms with van der Waals surface area (Å²) in [5.74, 6) is -0.273. The lowest BCUT2D eigenvalue weighted by Crippen LogP contribution is -2.36. The van der Waals surface area contributed by atoms with Gasteiger partial charge >= 0.3 is 5.97 Å². The molecule has 1 aliphatic carbocycles. The zero-order valence-electron chi connectivity index (χ0n) is 14.2. The first kappa shape index (κ1) is 18.2. The molecule has 6 heteroatoms. The Hall–Kier alpha value is -1.14. The average Bonchev–Trinajstić information content (AvgIpc) is 3.07. The van der Waals surface area contributed by atoms with Crippen LogP contribution in [0.3, 0.4) is 0 Å². The van der Waals surface area contributed by atoms with Gasteiger partial charge < -0.3 is 15.4 Å². The van der Waals surface area contributed by atoms with Gasteiger partial charge in [0.25, 0.3) is 0 Å². The number of rotatable bonds is 7. The molecule has 0 amide bonds. The molecular weight excluding hydrogens is 328 g/mol. The van der Waals surface area contributed by atoms with Gasteiger partial charge in [-0.25, -0.2) is 4.79 Å². The summed E-state index contributed by atoms with van der Waals surface area (Å²) in [7, 11) is 1.43. The van der Waals surface area contributed by atoms with Gasteiger partial charge in [-0.1, -0.05) is 26.2 Å². The Labute approximate surface area is 148 Å². The van der Waals surface area contributed by atoms with Crippen LogP contribution in [0.4, 0.5) is 5.00 Å². The predicted octanol–water partition coefficient (Wildman–Crippen LogP) is 4.28. The molecule has 23 heavy (non-hydrogen) atoms. The maximum atomic E-state index is 12.1. The first-order valence-corrected chi connectivity index (χ1v) is 9.59. The van der Waals surface area contributed by atoms with Crippen molar-refractivity contribution in [2.75, 3.05) is 12.4 Å². The van der Waals surface area contributed by atoms with Crippen LogP contribution in [0, 0.1) is 0 Å². The summed E-state index contributed by atoms with van der Waals surface area (Å²) < 4.78 is 4.95. The Morgan fingerprint density at radius 3 is 2.87 bits per heavy atom. The van der Waals surface area contributed by atoms with Crippen molar-refractivity contribution in [3.63, 3.8) is 0 Å². The number of methoxy groups -OCH3 is 1. The molecule has 0 aromatic carbocycles. The summed E-state index contributed by atoms with van der Waals surface area (Å²) in [6.45, 7) is 4.34. The molecule has 0 radical (unpaired) electrons. The summed E-state index contributed by atoms with van der Waals surface area (Å²) in [6.07, 6.45) is 7.87. The number of hydrogen-bond donors (Lipinski definition) is 2. The normalized spacial score (nSPS) is 14.2. The van der Waals surface area contributed by atoms with Crippen LogP contribution < -0.4 is 10.6 Å². The van der Waals surface area contributed by atoms with Crippen LogP contribution >= 0.6 is 23.6 Å². The summed E-state index contributed by atoms with van der Waals surface area (Å²) in [5, 5.41) is 7.93. The number of anilines is 1. The topological polar surface area (TPSA) is 50.4 Å². The van der Waals surface area contributed by atoms with Gasteiger partial charge in [0.1, 0.15) is 5.00 Å². The highest BCUT2D eigenvalue weighted by Crippen LogP contribution is 2.39. The molecule has 0 aliphatic heterocycles. The summed E-state index contributed by atoms with van der Waals surface area (Å²) >= 11 is 7.04. The smallest absolute Gasteiger partial charge is 0.341 e. The number of unbranched alkanes of at least 4 members (excludes halogenated alkanes) is 2. The minimum absolute atomic E-state index is 0.273. The Bertz CT molecular complexity index is 569. The van der Waals surface area contributed by atoms with E-state index in [9.17, 15) is 4.79 Å². The van der Waals surface area contributed by atoms with Gasteiger partial charge in [-0.05, 0) is 50.4 Å². The molecule has 1 unspecified atom stereocenters. The Morgan fingerprint density at radius 1 is 1.39 bits per heavy atom. The largest absolute Gasteiger partial charge is 0.465 e. The number of ether oxygens (including phenoxy) is 1. The number of carbonyl (C=O) groups is 1. The Balaban J connectivity index is 2.00. The second-order valence-corrected chi connectivity index (χ2v) is 7.56. The van der Waals surface area contributed by atoms with Crippen LogP contribution in [-0.2, 0) is 17.6 Å². The molecule has 0 fully saturated rings. The van der Waals surface area contributed by atoms with Gasteiger partial charge in [0.2, 0.25) is 0 Å². The molecule has 4 nitrogen and oxygen atoms in total. The monoisotopic (exact) mass is 354 g/mol. The van der Waals surface area contributed by atoms with Crippen LogP contribution in [0.1, 0.15) is 66.8 Å². The van der Waals surface area contributed by atoms with Gasteiger partial charge in [-0.3, -0.25) is 0 Å². The van der Waals surface area contributed by atoms with Crippen molar-refractivity contribution in [1.29, 1.82) is 0 Å². The number of aryl methyl sites for hydroxylation is 1. The highest BCUT2D eigenvalue weighted by atomic mass is 32.1. The second kappa shape index (κ2) is 8.64. The van der Waals surface area contributed by atoms with Gasteiger partial charge in [-0.15, -0.1) is 11.3 Å². The van der Waals surface area contributed by atoms with Crippen molar-refractivity contribution in [3.8, 4) is 0 Å². The zero-order chi connectivity index (χ0) is 16.8. The fourth-order valence-electron chi connectivity index (χ4n) is 2.95. The fourth-order valence-corrected chi connectivity index (χ4v) is 4.60. The van der Waals surface area contributed by atoms with E-state index in [1.165, 1.54) is 31.2 Å². The van der Waals surface area contributed by atoms with E-state index in [2.05, 4.69) is 24.5 Å². The van der Waals surface area contributed by atoms with Crippen molar-refractivity contribution in [3.05, 3.63) is 16.0 Å². The number of hydrogen-bond acceptors (Lipinski definition) is 4. The van der Waals surface area contributed by atoms with Crippen molar-refractivity contribution in [2.24, 2.45) is 0 Å². The molecule has 0 bridgehead atoms. The van der Waals surface area contributed by atoms with E-state index in [0.29, 0.717) is 16.7 Å². The Kier molecular flexibility index (Phi) is 6.84. The van der Waals surface area contributed by atoms with Crippen molar-refractivity contribution in [1.82, 2.24) is 5.32 Å². The SMILES string of the molecule is CCCCCC(C)NC(=S)Nc1sc2c(c1C(=O)OC)CCC2. The molecule has 1 aromatic heterocycles. The molecule has 0 spiro atoms. The first-order valence-electron chi connectivity index (χ1n) is 8.37. The molecule has 1 aromatic rings. The molecule has 2 rings (SSSR count). The number of esters is 1. The molecule has 1 aliphatic rings. The van der Waals surface area contributed by atoms with E-state index in [0.717, 1.165) is 36.2 Å². The van der Waals surface area contributed by atoms with Crippen LogP contribution in [0.5, 0.6) is 0 Å². The van der Waals surface area contributed by atoms with Gasteiger partial charge in [0, 0.05) is 10.9 Å². The number of thiocarbonyl (C=S) groups is 1. The lowest BCUT2D eigenvalue weighted by atomic mass is 10.1. The molecule has 128 valence electrons. The summed E-state index contributed by atoms with van der Waals surface area (Å²) in [6, 6.07) is 0.329. The predicted molar refractivity (Wildman–Crippen MR) is 101 cm³/mol. The van der Waals surface area contributed by atoms with Crippen LogP contribution in [0.15, 0.2) is 0 Å². The Morgan fingerprint density at radius 2 is 2.17 bits per heavy atom. The van der Waals surface area contributed by atoms with E-state index in [4.69, 9.17) is 17.0 Å². The summed E-state index contributed by atoms with van der Waals surface area (Å²) in [4.78, 5) is 13.4. The second-order valence-electron chi connectivity index (χ2n) is 6.05. The number of fused-ring (bicyclic) bond motifs is 1. The first-order chi connectivity index (χ1) is 11.1. The maximum absolute atomic E-state index is 12.1. The van der Waals surface area contributed by atoms with Gasteiger partial charge in [0.15, 0.2) is 5.11 Å². The van der Waals surface area contributed by atoms with Gasteiger partial charge in [0.05, 0.1) is 12.7 Å². The van der Waals surface area contributed by atoms with E-state index < -0.39 is 0 Å². The van der Waals surface area contributed by atoms with Gasteiger partial charge in [-0.2, -0.15) is 0 Å². The lowest BCUT2D eigenvalue weighted by molar-refractivity contribution is 0.0601. The fraction of sp³-hybridized carbons (Fsp3) is 0.647. The van der Waals surface area contributed by atoms with Crippen molar-refractivity contribution in [2.45, 2.75) is 64.8 Å². The van der Waals surface area contributed by atoms with Crippen LogP contribution in [0.25, 0.3) is 0 Å². The minimum atomic E-state index is -0.273. The van der Waals surface area contributed by atoms with E-state index in [-0.39, 0.29) is 5.97 Å². The standard InChI is InChI=1S/C17H26N2O2S2/c1-4-5-6-8-11(2)18-17(22)19-15-14(16(20)21-3)12-9-7-10-13(12)23-15/h11H,4-10H2,1-3H3,(H2,18,19,22). The van der Waals surface area contributed by atoms with E-state index >= 15 is 0 Å².